The molecule has 1 atom stereocenters. The minimum Gasteiger partial charge on any atom is -0.445 e. The van der Waals surface area contributed by atoms with Crippen LogP contribution in [0.15, 0.2) is 30.3 Å². The Morgan fingerprint density at radius 3 is 2.37 bits per heavy atom. The Morgan fingerprint density at radius 1 is 1.11 bits per heavy atom. The minimum absolute atomic E-state index is 0.00754. The third-order valence-corrected chi connectivity index (χ3v) is 4.88. The van der Waals surface area contributed by atoms with Crippen LogP contribution in [0.1, 0.15) is 32.8 Å². The van der Waals surface area contributed by atoms with Gasteiger partial charge in [-0.05, 0) is 32.8 Å². The minimum atomic E-state index is -3.07. The topological polar surface area (TPSA) is 59.1 Å². The summed E-state index contributed by atoms with van der Waals surface area (Å²) >= 11 is 0. The summed E-state index contributed by atoms with van der Waals surface area (Å²) < 4.78 is 39.3. The van der Waals surface area contributed by atoms with E-state index in [0.717, 1.165) is 10.5 Å². The molecule has 148 valence electrons. The zero-order chi connectivity index (χ0) is 19.9. The number of likely N-dealkylation sites (tertiary alicyclic amines) is 2. The van der Waals surface area contributed by atoms with Gasteiger partial charge in [-0.15, -0.1) is 0 Å². The lowest BCUT2D eigenvalue weighted by molar-refractivity contribution is -0.224. The van der Waals surface area contributed by atoms with Gasteiger partial charge < -0.3 is 14.4 Å². The van der Waals surface area contributed by atoms with E-state index in [0.29, 0.717) is 0 Å². The molecule has 0 saturated carbocycles. The predicted molar refractivity (Wildman–Crippen MR) is 93.4 cm³/mol. The smallest absolute Gasteiger partial charge is 0.411 e. The van der Waals surface area contributed by atoms with Crippen LogP contribution in [0.4, 0.5) is 18.4 Å². The van der Waals surface area contributed by atoms with E-state index in [1.807, 2.05) is 6.07 Å². The molecular formula is C19H24F2N2O4. The van der Waals surface area contributed by atoms with Crippen molar-refractivity contribution < 1.29 is 27.8 Å². The molecular weight excluding hydrogens is 358 g/mol. The van der Waals surface area contributed by atoms with Crippen LogP contribution in [0.3, 0.4) is 0 Å². The molecule has 2 aliphatic heterocycles. The van der Waals surface area contributed by atoms with Gasteiger partial charge in [0, 0.05) is 6.54 Å². The molecule has 27 heavy (non-hydrogen) atoms. The molecule has 2 amide bonds. The molecule has 0 aliphatic carbocycles. The van der Waals surface area contributed by atoms with E-state index in [9.17, 15) is 18.4 Å². The molecule has 2 fully saturated rings. The second-order valence-corrected chi connectivity index (χ2v) is 8.01. The summed E-state index contributed by atoms with van der Waals surface area (Å²) in [4.78, 5) is 26.9. The average Bonchev–Trinajstić information content (AvgIpc) is 3.06. The molecule has 2 heterocycles. The zero-order valence-electron chi connectivity index (χ0n) is 15.7. The van der Waals surface area contributed by atoms with Crippen LogP contribution >= 0.6 is 0 Å². The van der Waals surface area contributed by atoms with Gasteiger partial charge in [0.05, 0.1) is 13.1 Å². The lowest BCUT2D eigenvalue weighted by atomic mass is 9.80. The van der Waals surface area contributed by atoms with Crippen molar-refractivity contribution >= 4 is 12.2 Å². The highest BCUT2D eigenvalue weighted by atomic mass is 19.3. The summed E-state index contributed by atoms with van der Waals surface area (Å²) in [5.41, 5.74) is -1.67. The van der Waals surface area contributed by atoms with Crippen molar-refractivity contribution in [3.8, 4) is 0 Å². The molecule has 0 N–H and O–H groups in total. The number of carbonyl (C=O) groups excluding carboxylic acids is 2. The number of nitrogens with zero attached hydrogens (tertiary/aromatic N) is 2. The van der Waals surface area contributed by atoms with E-state index in [-0.39, 0.29) is 26.1 Å². The number of hydrogen-bond acceptors (Lipinski definition) is 4. The molecule has 1 spiro atoms. The number of halogens is 2. The molecule has 3 rings (SSSR count). The van der Waals surface area contributed by atoms with Gasteiger partial charge in [-0.1, -0.05) is 30.3 Å². The monoisotopic (exact) mass is 382 g/mol. The van der Waals surface area contributed by atoms with Crippen molar-refractivity contribution in [3.63, 3.8) is 0 Å². The standard InChI is InChI=1S/C19H24F2N2O4/c1-17(2,3)27-15(24)22-10-9-18(12-22)19(20,21)13-23(18)16(25)26-11-14-7-5-4-6-8-14/h4-8H,9-13H2,1-3H3/t18-/m0/s1. The Labute approximate surface area is 157 Å². The molecule has 2 saturated heterocycles. The first-order valence-corrected chi connectivity index (χ1v) is 8.88. The van der Waals surface area contributed by atoms with Gasteiger partial charge >= 0.3 is 12.2 Å². The van der Waals surface area contributed by atoms with E-state index >= 15 is 0 Å². The normalized spacial score (nSPS) is 23.9. The second-order valence-electron chi connectivity index (χ2n) is 8.01. The number of alkyl halides is 2. The highest BCUT2D eigenvalue weighted by molar-refractivity contribution is 5.73. The van der Waals surface area contributed by atoms with Crippen LogP contribution < -0.4 is 0 Å². The number of ether oxygens (including phenoxy) is 2. The first-order chi connectivity index (χ1) is 12.5. The number of hydrogen-bond donors (Lipinski definition) is 0. The zero-order valence-corrected chi connectivity index (χ0v) is 15.7. The Morgan fingerprint density at radius 2 is 1.78 bits per heavy atom. The Bertz CT molecular complexity index is 720. The summed E-state index contributed by atoms with van der Waals surface area (Å²) in [6.07, 6.45) is -1.46. The highest BCUT2D eigenvalue weighted by Crippen LogP contribution is 2.50. The van der Waals surface area contributed by atoms with Crippen molar-refractivity contribution in [1.29, 1.82) is 0 Å². The van der Waals surface area contributed by atoms with E-state index in [2.05, 4.69) is 0 Å². The van der Waals surface area contributed by atoms with Crippen LogP contribution in [-0.2, 0) is 16.1 Å². The van der Waals surface area contributed by atoms with Gasteiger partial charge in [-0.3, -0.25) is 4.90 Å². The summed E-state index contributed by atoms with van der Waals surface area (Å²) in [5.74, 6) is -3.07. The lowest BCUT2D eigenvalue weighted by Gasteiger charge is -2.54. The molecule has 0 radical (unpaired) electrons. The van der Waals surface area contributed by atoms with Gasteiger partial charge in [0.15, 0.2) is 0 Å². The highest BCUT2D eigenvalue weighted by Gasteiger charge is 2.72. The molecule has 6 nitrogen and oxygen atoms in total. The molecule has 0 bridgehead atoms. The van der Waals surface area contributed by atoms with E-state index in [1.54, 1.807) is 45.0 Å². The van der Waals surface area contributed by atoms with Crippen molar-refractivity contribution in [2.24, 2.45) is 0 Å². The van der Waals surface area contributed by atoms with Gasteiger partial charge in [-0.2, -0.15) is 0 Å². The predicted octanol–water partition coefficient (Wildman–Crippen LogP) is 3.65. The molecule has 8 heteroatoms. The third-order valence-electron chi connectivity index (χ3n) is 4.88. The number of carbonyl (C=O) groups is 2. The largest absolute Gasteiger partial charge is 0.445 e. The van der Waals surface area contributed by atoms with Gasteiger partial charge in [-0.25, -0.2) is 18.4 Å². The second kappa shape index (κ2) is 6.65. The van der Waals surface area contributed by atoms with E-state index in [1.165, 1.54) is 4.90 Å². The van der Waals surface area contributed by atoms with Crippen molar-refractivity contribution in [2.75, 3.05) is 19.6 Å². The first-order valence-electron chi connectivity index (χ1n) is 8.88. The number of rotatable bonds is 2. The molecule has 2 aliphatic rings. The van der Waals surface area contributed by atoms with Crippen LogP contribution in [0.5, 0.6) is 0 Å². The molecule has 0 unspecified atom stereocenters. The summed E-state index contributed by atoms with van der Waals surface area (Å²) in [6, 6.07) is 9.01. The fraction of sp³-hybridized carbons (Fsp3) is 0.579. The molecule has 1 aromatic carbocycles. The maximum absolute atomic E-state index is 14.4. The van der Waals surface area contributed by atoms with Crippen LogP contribution in [0, 0.1) is 0 Å². The third kappa shape index (κ3) is 3.70. The summed E-state index contributed by atoms with van der Waals surface area (Å²) in [5, 5.41) is 0. The van der Waals surface area contributed by atoms with E-state index < -0.39 is 35.8 Å². The summed E-state index contributed by atoms with van der Waals surface area (Å²) in [7, 11) is 0. The summed E-state index contributed by atoms with van der Waals surface area (Å²) in [6.45, 7) is 4.27. The van der Waals surface area contributed by atoms with Crippen LogP contribution in [0.25, 0.3) is 0 Å². The van der Waals surface area contributed by atoms with E-state index in [4.69, 9.17) is 9.47 Å². The van der Waals surface area contributed by atoms with Crippen LogP contribution in [-0.4, -0.2) is 58.7 Å². The van der Waals surface area contributed by atoms with Crippen molar-refractivity contribution in [3.05, 3.63) is 35.9 Å². The number of benzene rings is 1. The SMILES string of the molecule is CC(C)(C)OC(=O)N1CC[C@@]2(C1)N(C(=O)OCc1ccccc1)CC2(F)F. The average molecular weight is 382 g/mol. The molecule has 0 aromatic heterocycles. The van der Waals surface area contributed by atoms with Crippen LogP contribution in [0.2, 0.25) is 0 Å². The fourth-order valence-corrected chi connectivity index (χ4v) is 3.43. The Kier molecular flexibility index (Phi) is 4.78. The quantitative estimate of drug-likeness (QED) is 0.783. The van der Waals surface area contributed by atoms with Gasteiger partial charge in [0.25, 0.3) is 5.92 Å². The first kappa shape index (κ1) is 19.4. The lowest BCUT2D eigenvalue weighted by Crippen LogP contribution is -2.77. The fourth-order valence-electron chi connectivity index (χ4n) is 3.43. The Hall–Kier alpha value is -2.38. The molecule has 1 aromatic rings. The van der Waals surface area contributed by atoms with Gasteiger partial charge in [0.1, 0.15) is 17.7 Å². The Balaban J connectivity index is 1.66. The van der Waals surface area contributed by atoms with Gasteiger partial charge in [0.2, 0.25) is 0 Å². The maximum atomic E-state index is 14.4. The van der Waals surface area contributed by atoms with Crippen molar-refractivity contribution in [2.45, 2.75) is 50.9 Å². The number of amides is 2. The maximum Gasteiger partial charge on any atom is 0.411 e. The van der Waals surface area contributed by atoms with Crippen molar-refractivity contribution in [1.82, 2.24) is 9.80 Å².